The number of nitrogens with zero attached hydrogens (tertiary/aromatic N) is 1. The smallest absolute Gasteiger partial charge is 0.135 e. The van der Waals surface area contributed by atoms with E-state index in [0.717, 1.165) is 39.0 Å². The highest BCUT2D eigenvalue weighted by molar-refractivity contribution is 7.26. The Morgan fingerprint density at radius 2 is 1.12 bits per heavy atom. The van der Waals surface area contributed by atoms with Gasteiger partial charge in [0.25, 0.3) is 0 Å². The summed E-state index contributed by atoms with van der Waals surface area (Å²) in [5, 5.41) is 7.52. The molecule has 1 aliphatic carbocycles. The van der Waals surface area contributed by atoms with Crippen molar-refractivity contribution >= 4 is 81.3 Å². The summed E-state index contributed by atoms with van der Waals surface area (Å²) in [4.78, 5) is 2.40. The van der Waals surface area contributed by atoms with Crippen molar-refractivity contribution in [2.75, 3.05) is 4.90 Å². The Kier molecular flexibility index (Phi) is 6.21. The zero-order valence-electron chi connectivity index (χ0n) is 28.9. The van der Waals surface area contributed by atoms with Crippen LogP contribution in [-0.2, 0) is 5.41 Å². The molecule has 2 heterocycles. The lowest BCUT2D eigenvalue weighted by molar-refractivity contribution is 0.660. The van der Waals surface area contributed by atoms with E-state index in [1.54, 1.807) is 0 Å². The maximum Gasteiger partial charge on any atom is 0.135 e. The first-order valence-electron chi connectivity index (χ1n) is 17.9. The van der Waals surface area contributed by atoms with Gasteiger partial charge < -0.3 is 9.32 Å². The quantitative estimate of drug-likeness (QED) is 0.184. The summed E-state index contributed by atoms with van der Waals surface area (Å²) in [6, 6.07) is 60.0. The molecule has 1 aliphatic rings. The van der Waals surface area contributed by atoms with Gasteiger partial charge >= 0.3 is 0 Å². The molecule has 0 amide bonds. The number of fused-ring (bicyclic) bond motifs is 11. The first-order chi connectivity index (χ1) is 25.5. The van der Waals surface area contributed by atoms with E-state index in [-0.39, 0.29) is 5.41 Å². The fourth-order valence-corrected chi connectivity index (χ4v) is 9.88. The predicted molar refractivity (Wildman–Crippen MR) is 222 cm³/mol. The second-order valence-electron chi connectivity index (χ2n) is 14.5. The normalized spacial score (nSPS) is 13.3. The highest BCUT2D eigenvalue weighted by atomic mass is 32.1. The lowest BCUT2D eigenvalue weighted by atomic mass is 9.82. The number of para-hydroxylation sites is 1. The van der Waals surface area contributed by atoms with Crippen molar-refractivity contribution in [2.24, 2.45) is 0 Å². The number of thiophene rings is 1. The van der Waals surface area contributed by atoms with Gasteiger partial charge in [0.2, 0.25) is 0 Å². The van der Waals surface area contributed by atoms with Crippen LogP contribution in [0, 0.1) is 0 Å². The standard InChI is InChI=1S/C49H33NOS/c1-49(2)42-15-6-3-10-36(42)37-24-22-33(29-43(37)49)50(32-23-26-45-41(28-32)38-11-4-7-16-44(38)51-45)31-20-18-30(19-21-31)34-13-9-14-39-35(34)25-27-47-48(39)40-12-5-8-17-46(40)52-47/h3-29H,1-2H3. The lowest BCUT2D eigenvalue weighted by Gasteiger charge is -2.28. The molecule has 10 aromatic rings. The van der Waals surface area contributed by atoms with Crippen LogP contribution < -0.4 is 4.90 Å². The Morgan fingerprint density at radius 3 is 2.02 bits per heavy atom. The summed E-state index contributed by atoms with van der Waals surface area (Å²) in [7, 11) is 0. The molecule has 0 atom stereocenters. The molecule has 0 saturated heterocycles. The van der Waals surface area contributed by atoms with E-state index < -0.39 is 0 Å². The Labute approximate surface area is 305 Å². The molecule has 0 unspecified atom stereocenters. The third-order valence-electron chi connectivity index (χ3n) is 11.3. The zero-order valence-corrected chi connectivity index (χ0v) is 29.7. The maximum absolute atomic E-state index is 6.25. The second-order valence-corrected chi connectivity index (χ2v) is 15.6. The maximum atomic E-state index is 6.25. The lowest BCUT2D eigenvalue weighted by Crippen LogP contribution is -2.16. The average Bonchev–Trinajstić information content (AvgIpc) is 3.83. The molecule has 0 radical (unpaired) electrons. The largest absolute Gasteiger partial charge is 0.456 e. The Hall–Kier alpha value is -6.16. The van der Waals surface area contributed by atoms with Crippen molar-refractivity contribution in [2.45, 2.75) is 19.3 Å². The highest BCUT2D eigenvalue weighted by Crippen LogP contribution is 2.51. The summed E-state index contributed by atoms with van der Waals surface area (Å²) in [5.74, 6) is 0. The highest BCUT2D eigenvalue weighted by Gasteiger charge is 2.35. The molecule has 3 heteroatoms. The van der Waals surface area contributed by atoms with E-state index in [1.807, 2.05) is 23.5 Å². The number of rotatable bonds is 4. The van der Waals surface area contributed by atoms with E-state index in [2.05, 4.69) is 170 Å². The molecule has 0 saturated carbocycles. The SMILES string of the molecule is CC1(C)c2ccccc2-c2ccc(N(c3ccc(-c4cccc5c4ccc4sc6ccccc6c45)cc3)c3ccc4oc5ccccc5c4c3)cc21. The van der Waals surface area contributed by atoms with Gasteiger partial charge in [0.15, 0.2) is 0 Å². The average molecular weight is 684 g/mol. The van der Waals surface area contributed by atoms with Gasteiger partial charge in [-0.2, -0.15) is 0 Å². The van der Waals surface area contributed by atoms with Crippen LogP contribution in [0.4, 0.5) is 17.1 Å². The molecule has 246 valence electrons. The predicted octanol–water partition coefficient (Wildman–Crippen LogP) is 14.6. The summed E-state index contributed by atoms with van der Waals surface area (Å²) in [6.07, 6.45) is 0. The Bertz CT molecular complexity index is 3050. The van der Waals surface area contributed by atoms with Crippen molar-refractivity contribution < 1.29 is 4.42 Å². The Morgan fingerprint density at radius 1 is 0.442 bits per heavy atom. The van der Waals surface area contributed by atoms with E-state index in [9.17, 15) is 0 Å². The fraction of sp³-hybridized carbons (Fsp3) is 0.0612. The van der Waals surface area contributed by atoms with Gasteiger partial charge in [0.1, 0.15) is 11.2 Å². The minimum absolute atomic E-state index is 0.101. The number of hydrogen-bond acceptors (Lipinski definition) is 3. The summed E-state index contributed by atoms with van der Waals surface area (Å²) in [6.45, 7) is 4.70. The van der Waals surface area contributed by atoms with Gasteiger partial charge in [0.05, 0.1) is 0 Å². The van der Waals surface area contributed by atoms with Crippen LogP contribution in [0.1, 0.15) is 25.0 Å². The number of hydrogen-bond donors (Lipinski definition) is 0. The van der Waals surface area contributed by atoms with Gasteiger partial charge in [0, 0.05) is 53.4 Å². The van der Waals surface area contributed by atoms with Crippen molar-refractivity contribution in [3.63, 3.8) is 0 Å². The minimum Gasteiger partial charge on any atom is -0.456 e. The summed E-state index contributed by atoms with van der Waals surface area (Å²) < 4.78 is 8.92. The molecule has 0 fully saturated rings. The van der Waals surface area contributed by atoms with Crippen molar-refractivity contribution in [3.8, 4) is 22.3 Å². The third-order valence-corrected chi connectivity index (χ3v) is 12.4. The number of anilines is 3. The molecule has 0 aliphatic heterocycles. The van der Waals surface area contributed by atoms with Crippen LogP contribution in [-0.4, -0.2) is 0 Å². The molecule has 0 bridgehead atoms. The molecule has 2 aromatic heterocycles. The molecular formula is C49H33NOS. The van der Waals surface area contributed by atoms with Crippen LogP contribution in [0.3, 0.4) is 0 Å². The molecular weight excluding hydrogens is 651 g/mol. The second kappa shape index (κ2) is 10.9. The molecule has 0 N–H and O–H groups in total. The van der Waals surface area contributed by atoms with Crippen LogP contribution in [0.5, 0.6) is 0 Å². The van der Waals surface area contributed by atoms with Crippen LogP contribution in [0.25, 0.3) is 75.1 Å². The van der Waals surface area contributed by atoms with Crippen LogP contribution >= 0.6 is 11.3 Å². The molecule has 2 nitrogen and oxygen atoms in total. The molecule has 8 aromatic carbocycles. The van der Waals surface area contributed by atoms with Gasteiger partial charge in [-0.3, -0.25) is 0 Å². The number of benzene rings is 8. The monoisotopic (exact) mass is 683 g/mol. The summed E-state index contributed by atoms with van der Waals surface area (Å²) >= 11 is 1.87. The van der Waals surface area contributed by atoms with Crippen molar-refractivity contribution in [1.82, 2.24) is 0 Å². The van der Waals surface area contributed by atoms with Crippen LogP contribution in [0.15, 0.2) is 168 Å². The van der Waals surface area contributed by atoms with Gasteiger partial charge in [-0.15, -0.1) is 11.3 Å². The van der Waals surface area contributed by atoms with E-state index >= 15 is 0 Å². The topological polar surface area (TPSA) is 16.4 Å². The van der Waals surface area contributed by atoms with E-state index in [0.29, 0.717) is 0 Å². The van der Waals surface area contributed by atoms with Gasteiger partial charge in [-0.05, 0) is 105 Å². The van der Waals surface area contributed by atoms with E-state index in [4.69, 9.17) is 4.42 Å². The Balaban J connectivity index is 1.07. The van der Waals surface area contributed by atoms with Gasteiger partial charge in [-0.25, -0.2) is 0 Å². The minimum atomic E-state index is -0.101. The fourth-order valence-electron chi connectivity index (χ4n) is 8.75. The third kappa shape index (κ3) is 4.23. The molecule has 0 spiro atoms. The van der Waals surface area contributed by atoms with Gasteiger partial charge in [-0.1, -0.05) is 117 Å². The molecule has 11 rings (SSSR count). The van der Waals surface area contributed by atoms with Crippen molar-refractivity contribution in [3.05, 3.63) is 175 Å². The zero-order chi connectivity index (χ0) is 34.6. The van der Waals surface area contributed by atoms with Crippen LogP contribution in [0.2, 0.25) is 0 Å². The van der Waals surface area contributed by atoms with Crippen molar-refractivity contribution in [1.29, 1.82) is 0 Å². The number of furan rings is 1. The first-order valence-corrected chi connectivity index (χ1v) is 18.7. The molecule has 52 heavy (non-hydrogen) atoms. The summed E-state index contributed by atoms with van der Waals surface area (Å²) in [5.41, 5.74) is 12.9. The first kappa shape index (κ1) is 29.6. The van der Waals surface area contributed by atoms with E-state index in [1.165, 1.54) is 64.3 Å².